The van der Waals surface area contributed by atoms with E-state index in [0.717, 1.165) is 30.1 Å². The molecule has 2 heterocycles. The van der Waals surface area contributed by atoms with Crippen LogP contribution in [-0.4, -0.2) is 33.4 Å². The molecule has 1 atom stereocenters. The predicted molar refractivity (Wildman–Crippen MR) is 71.9 cm³/mol. The average Bonchev–Trinajstić information content (AvgIpc) is 2.82. The summed E-state index contributed by atoms with van der Waals surface area (Å²) in [6.07, 6.45) is 6.06. The van der Waals surface area contributed by atoms with Gasteiger partial charge in [-0.25, -0.2) is 9.97 Å². The van der Waals surface area contributed by atoms with Crippen molar-refractivity contribution in [3.8, 4) is 5.75 Å². The first-order valence-electron chi connectivity index (χ1n) is 6.33. The topological polar surface area (TPSA) is 64.9 Å². The number of hydrogen-bond acceptors (Lipinski definition) is 5. The van der Waals surface area contributed by atoms with Gasteiger partial charge in [0.2, 0.25) is 0 Å². The van der Waals surface area contributed by atoms with Gasteiger partial charge >= 0.3 is 0 Å². The van der Waals surface area contributed by atoms with Crippen LogP contribution in [0.2, 0.25) is 0 Å². The van der Waals surface area contributed by atoms with Gasteiger partial charge in [0.1, 0.15) is 12.0 Å². The molecule has 0 radical (unpaired) electrons. The molecule has 0 aliphatic heterocycles. The molecule has 19 heavy (non-hydrogen) atoms. The Morgan fingerprint density at radius 1 is 1.47 bits per heavy atom. The Balaban J connectivity index is 2.40. The van der Waals surface area contributed by atoms with E-state index in [0.29, 0.717) is 0 Å². The lowest BCUT2D eigenvalue weighted by Crippen LogP contribution is -2.26. The summed E-state index contributed by atoms with van der Waals surface area (Å²) in [4.78, 5) is 8.30. The summed E-state index contributed by atoms with van der Waals surface area (Å²) in [6, 6.07) is 1.85. The Kier molecular flexibility index (Phi) is 4.46. The SMILES string of the molecule is CCCNC(c1ccncn1)c1c(OC)cnn1C. The lowest BCUT2D eigenvalue weighted by atomic mass is 10.1. The van der Waals surface area contributed by atoms with E-state index in [1.807, 2.05) is 17.8 Å². The minimum atomic E-state index is -0.0506. The fraction of sp³-hybridized carbons (Fsp3) is 0.462. The van der Waals surface area contributed by atoms with E-state index in [9.17, 15) is 0 Å². The van der Waals surface area contributed by atoms with Crippen molar-refractivity contribution in [3.05, 3.63) is 36.2 Å². The van der Waals surface area contributed by atoms with Crippen LogP contribution >= 0.6 is 0 Å². The summed E-state index contributed by atoms with van der Waals surface area (Å²) in [5, 5.41) is 7.72. The van der Waals surface area contributed by atoms with Gasteiger partial charge in [-0.1, -0.05) is 6.92 Å². The summed E-state index contributed by atoms with van der Waals surface area (Å²) in [6.45, 7) is 3.02. The van der Waals surface area contributed by atoms with Crippen LogP contribution in [-0.2, 0) is 7.05 Å². The van der Waals surface area contributed by atoms with E-state index in [4.69, 9.17) is 4.74 Å². The molecule has 0 aromatic carbocycles. The molecule has 0 aliphatic carbocycles. The predicted octanol–water partition coefficient (Wildman–Crippen LogP) is 1.31. The van der Waals surface area contributed by atoms with E-state index in [1.54, 1.807) is 25.8 Å². The summed E-state index contributed by atoms with van der Waals surface area (Å²) in [5.41, 5.74) is 1.88. The molecule has 2 rings (SSSR count). The maximum absolute atomic E-state index is 5.38. The second-order valence-corrected chi connectivity index (χ2v) is 4.24. The highest BCUT2D eigenvalue weighted by Gasteiger charge is 2.22. The Morgan fingerprint density at radius 3 is 2.95 bits per heavy atom. The zero-order chi connectivity index (χ0) is 13.7. The van der Waals surface area contributed by atoms with Gasteiger partial charge < -0.3 is 10.1 Å². The van der Waals surface area contributed by atoms with E-state index >= 15 is 0 Å². The summed E-state index contributed by atoms with van der Waals surface area (Å²) < 4.78 is 7.20. The first-order valence-corrected chi connectivity index (χ1v) is 6.33. The van der Waals surface area contributed by atoms with Gasteiger partial charge in [-0.15, -0.1) is 0 Å². The standard InChI is InChI=1S/C13H19N5O/c1-4-6-15-12(10-5-7-14-9-16-10)13-11(19-3)8-17-18(13)2/h5,7-9,12,15H,4,6H2,1-3H3. The van der Waals surface area contributed by atoms with Crippen LogP contribution in [0.5, 0.6) is 5.75 Å². The molecule has 6 nitrogen and oxygen atoms in total. The third-order valence-corrected chi connectivity index (χ3v) is 2.94. The summed E-state index contributed by atoms with van der Waals surface area (Å²) in [7, 11) is 3.55. The van der Waals surface area contributed by atoms with E-state index in [2.05, 4.69) is 27.3 Å². The lowest BCUT2D eigenvalue weighted by molar-refractivity contribution is 0.399. The smallest absolute Gasteiger partial charge is 0.161 e. The molecule has 0 saturated heterocycles. The molecule has 2 aromatic heterocycles. The molecule has 0 fully saturated rings. The highest BCUT2D eigenvalue weighted by molar-refractivity contribution is 5.33. The highest BCUT2D eigenvalue weighted by atomic mass is 16.5. The van der Waals surface area contributed by atoms with Crippen molar-refractivity contribution in [2.75, 3.05) is 13.7 Å². The van der Waals surface area contributed by atoms with Gasteiger partial charge in [-0.05, 0) is 19.0 Å². The maximum Gasteiger partial charge on any atom is 0.161 e. The van der Waals surface area contributed by atoms with Crippen LogP contribution in [0.15, 0.2) is 24.8 Å². The second-order valence-electron chi connectivity index (χ2n) is 4.24. The normalized spacial score (nSPS) is 12.4. The van der Waals surface area contributed by atoms with Crippen molar-refractivity contribution >= 4 is 0 Å². The van der Waals surface area contributed by atoms with E-state index in [-0.39, 0.29) is 6.04 Å². The van der Waals surface area contributed by atoms with Crippen LogP contribution < -0.4 is 10.1 Å². The largest absolute Gasteiger partial charge is 0.493 e. The van der Waals surface area contributed by atoms with Gasteiger partial charge in [-0.2, -0.15) is 5.10 Å². The molecule has 2 aromatic rings. The minimum Gasteiger partial charge on any atom is -0.493 e. The third kappa shape index (κ3) is 2.90. The highest BCUT2D eigenvalue weighted by Crippen LogP contribution is 2.28. The van der Waals surface area contributed by atoms with Crippen molar-refractivity contribution in [2.45, 2.75) is 19.4 Å². The third-order valence-electron chi connectivity index (χ3n) is 2.94. The van der Waals surface area contributed by atoms with Crippen molar-refractivity contribution in [3.63, 3.8) is 0 Å². The molecule has 0 saturated carbocycles. The van der Waals surface area contributed by atoms with Gasteiger partial charge in [0.25, 0.3) is 0 Å². The van der Waals surface area contributed by atoms with Crippen LogP contribution in [0.1, 0.15) is 30.8 Å². The second kappa shape index (κ2) is 6.29. The number of ether oxygens (including phenoxy) is 1. The van der Waals surface area contributed by atoms with Crippen molar-refractivity contribution in [1.82, 2.24) is 25.1 Å². The Bertz CT molecular complexity index is 511. The van der Waals surface area contributed by atoms with E-state index < -0.39 is 0 Å². The zero-order valence-electron chi connectivity index (χ0n) is 11.5. The van der Waals surface area contributed by atoms with Gasteiger partial charge in [0.05, 0.1) is 25.0 Å². The fourth-order valence-electron chi connectivity index (χ4n) is 2.01. The molecular formula is C13H19N5O. The number of rotatable bonds is 6. The van der Waals surface area contributed by atoms with Gasteiger partial charge in [-0.3, -0.25) is 4.68 Å². The first kappa shape index (κ1) is 13.5. The molecule has 0 bridgehead atoms. The number of hydrogen-bond donors (Lipinski definition) is 1. The minimum absolute atomic E-state index is 0.0506. The van der Waals surface area contributed by atoms with Crippen LogP contribution in [0, 0.1) is 0 Å². The monoisotopic (exact) mass is 261 g/mol. The molecule has 0 aliphatic rings. The number of aromatic nitrogens is 4. The Labute approximate surface area is 112 Å². The van der Waals surface area contributed by atoms with Crippen molar-refractivity contribution in [2.24, 2.45) is 7.05 Å². The lowest BCUT2D eigenvalue weighted by Gasteiger charge is -2.19. The van der Waals surface area contributed by atoms with Gasteiger partial charge in [0.15, 0.2) is 5.75 Å². The number of nitrogens with one attached hydrogen (secondary N) is 1. The molecular weight excluding hydrogens is 242 g/mol. The molecule has 1 N–H and O–H groups in total. The molecule has 1 unspecified atom stereocenters. The molecule has 102 valence electrons. The molecule has 6 heteroatoms. The van der Waals surface area contributed by atoms with Crippen molar-refractivity contribution < 1.29 is 4.74 Å². The quantitative estimate of drug-likeness (QED) is 0.849. The van der Waals surface area contributed by atoms with E-state index in [1.165, 1.54) is 0 Å². The Morgan fingerprint density at radius 2 is 2.32 bits per heavy atom. The van der Waals surface area contributed by atoms with Gasteiger partial charge in [0, 0.05) is 13.2 Å². The maximum atomic E-state index is 5.38. The average molecular weight is 261 g/mol. The number of methoxy groups -OCH3 is 1. The number of aryl methyl sites for hydroxylation is 1. The summed E-state index contributed by atoms with van der Waals surface area (Å²) >= 11 is 0. The van der Waals surface area contributed by atoms with Crippen molar-refractivity contribution in [1.29, 1.82) is 0 Å². The van der Waals surface area contributed by atoms with Crippen LogP contribution in [0.25, 0.3) is 0 Å². The fourth-order valence-corrected chi connectivity index (χ4v) is 2.01. The molecule has 0 amide bonds. The zero-order valence-corrected chi connectivity index (χ0v) is 11.5. The first-order chi connectivity index (χ1) is 9.27. The molecule has 0 spiro atoms. The Hall–Kier alpha value is -1.95. The summed E-state index contributed by atoms with van der Waals surface area (Å²) in [5.74, 6) is 0.759. The number of nitrogens with zero attached hydrogens (tertiary/aromatic N) is 4. The van der Waals surface area contributed by atoms with Crippen LogP contribution in [0.3, 0.4) is 0 Å². The van der Waals surface area contributed by atoms with Crippen LogP contribution in [0.4, 0.5) is 0 Å².